The van der Waals surface area contributed by atoms with Gasteiger partial charge in [0.2, 0.25) is 0 Å². The maximum atomic E-state index is 12.0. The van der Waals surface area contributed by atoms with Gasteiger partial charge in [0, 0.05) is 19.3 Å². The third-order valence-electron chi connectivity index (χ3n) is 3.23. The summed E-state index contributed by atoms with van der Waals surface area (Å²) < 4.78 is 0. The number of phenolic OH excluding ortho intramolecular Hbond substituents is 1. The first kappa shape index (κ1) is 17.5. The molecule has 0 fully saturated rings. The fourth-order valence-electron chi connectivity index (χ4n) is 1.85. The van der Waals surface area contributed by atoms with Crippen molar-refractivity contribution >= 4 is 11.6 Å². The van der Waals surface area contributed by atoms with Gasteiger partial charge >= 0.3 is 0 Å². The van der Waals surface area contributed by atoms with E-state index in [9.17, 15) is 9.90 Å². The average Bonchev–Trinajstić information content (AvgIpc) is 2.53. The Balaban J connectivity index is 2.56. The standard InChI is InChI=1S/C16H22N4O2/c1-3-20(4-2)10-9-18-12-13(11-17)16(22)19-14-7-5-6-8-15(14)21/h5-8,12,18,21H,3-4,9-10H2,1-2H3,(H,19,22)/b13-12-. The van der Waals surface area contributed by atoms with Gasteiger partial charge in [-0.3, -0.25) is 4.79 Å². The van der Waals surface area contributed by atoms with Crippen molar-refractivity contribution in [1.29, 1.82) is 5.26 Å². The van der Waals surface area contributed by atoms with Gasteiger partial charge in [-0.1, -0.05) is 26.0 Å². The van der Waals surface area contributed by atoms with Crippen molar-refractivity contribution in [2.45, 2.75) is 13.8 Å². The van der Waals surface area contributed by atoms with Gasteiger partial charge in [-0.05, 0) is 25.2 Å². The number of amides is 1. The Morgan fingerprint density at radius 1 is 1.36 bits per heavy atom. The van der Waals surface area contributed by atoms with Crippen LogP contribution in [0.1, 0.15) is 13.8 Å². The molecule has 0 unspecified atom stereocenters. The van der Waals surface area contributed by atoms with Crippen molar-refractivity contribution in [3.05, 3.63) is 36.0 Å². The Labute approximate surface area is 131 Å². The van der Waals surface area contributed by atoms with E-state index in [-0.39, 0.29) is 17.0 Å². The fraction of sp³-hybridized carbons (Fsp3) is 0.375. The van der Waals surface area contributed by atoms with Crippen LogP contribution in [0.4, 0.5) is 5.69 Å². The maximum absolute atomic E-state index is 12.0. The number of nitrogens with one attached hydrogen (secondary N) is 2. The Hall–Kier alpha value is -2.52. The van der Waals surface area contributed by atoms with E-state index in [1.807, 2.05) is 6.07 Å². The molecule has 22 heavy (non-hydrogen) atoms. The smallest absolute Gasteiger partial charge is 0.267 e. The Bertz CT molecular complexity index is 560. The van der Waals surface area contributed by atoms with Crippen molar-refractivity contribution in [2.75, 3.05) is 31.5 Å². The Morgan fingerprint density at radius 2 is 2.05 bits per heavy atom. The molecule has 0 saturated heterocycles. The number of hydrogen-bond donors (Lipinski definition) is 3. The van der Waals surface area contributed by atoms with E-state index >= 15 is 0 Å². The zero-order chi connectivity index (χ0) is 16.4. The number of rotatable bonds is 8. The lowest BCUT2D eigenvalue weighted by atomic mass is 10.2. The first-order chi connectivity index (χ1) is 10.6. The van der Waals surface area contributed by atoms with Gasteiger partial charge in [0.1, 0.15) is 17.4 Å². The molecular formula is C16H22N4O2. The molecule has 118 valence electrons. The van der Waals surface area contributed by atoms with E-state index in [1.54, 1.807) is 18.2 Å². The lowest BCUT2D eigenvalue weighted by molar-refractivity contribution is -0.112. The lowest BCUT2D eigenvalue weighted by Gasteiger charge is -2.17. The molecule has 6 nitrogen and oxygen atoms in total. The Kier molecular flexibility index (Phi) is 7.51. The number of para-hydroxylation sites is 2. The van der Waals surface area contributed by atoms with Crippen LogP contribution in [0.2, 0.25) is 0 Å². The number of phenols is 1. The zero-order valence-corrected chi connectivity index (χ0v) is 13.0. The number of nitrogens with zero attached hydrogens (tertiary/aromatic N) is 2. The van der Waals surface area contributed by atoms with Crippen molar-refractivity contribution in [1.82, 2.24) is 10.2 Å². The summed E-state index contributed by atoms with van der Waals surface area (Å²) in [4.78, 5) is 14.2. The summed E-state index contributed by atoms with van der Waals surface area (Å²) in [5.74, 6) is -0.595. The molecule has 0 aliphatic heterocycles. The van der Waals surface area contributed by atoms with Gasteiger partial charge in [0.15, 0.2) is 0 Å². The first-order valence-corrected chi connectivity index (χ1v) is 7.27. The molecule has 1 aromatic rings. The summed E-state index contributed by atoms with van der Waals surface area (Å²) in [7, 11) is 0. The fourth-order valence-corrected chi connectivity index (χ4v) is 1.85. The molecule has 0 aromatic heterocycles. The average molecular weight is 302 g/mol. The number of hydrogen-bond acceptors (Lipinski definition) is 5. The summed E-state index contributed by atoms with van der Waals surface area (Å²) in [6.45, 7) is 7.57. The minimum atomic E-state index is -0.556. The number of nitriles is 1. The van der Waals surface area contributed by atoms with Crippen LogP contribution in [-0.4, -0.2) is 42.1 Å². The van der Waals surface area contributed by atoms with Crippen LogP contribution < -0.4 is 10.6 Å². The van der Waals surface area contributed by atoms with Crippen molar-refractivity contribution in [2.24, 2.45) is 0 Å². The van der Waals surface area contributed by atoms with Crippen LogP contribution in [0.3, 0.4) is 0 Å². The molecule has 0 aliphatic carbocycles. The van der Waals surface area contributed by atoms with E-state index in [0.717, 1.165) is 19.6 Å². The van der Waals surface area contributed by atoms with Crippen molar-refractivity contribution in [3.63, 3.8) is 0 Å². The first-order valence-electron chi connectivity index (χ1n) is 7.27. The van der Waals surface area contributed by atoms with Crippen LogP contribution in [0.25, 0.3) is 0 Å². The van der Waals surface area contributed by atoms with E-state index in [2.05, 4.69) is 29.4 Å². The molecule has 0 saturated carbocycles. The van der Waals surface area contributed by atoms with E-state index < -0.39 is 5.91 Å². The van der Waals surface area contributed by atoms with Gasteiger partial charge in [0.25, 0.3) is 5.91 Å². The second-order valence-electron chi connectivity index (χ2n) is 4.62. The predicted octanol–water partition coefficient (Wildman–Crippen LogP) is 1.67. The summed E-state index contributed by atoms with van der Waals surface area (Å²) >= 11 is 0. The molecule has 1 aromatic carbocycles. The molecule has 0 aliphatic rings. The summed E-state index contributed by atoms with van der Waals surface area (Å²) in [5.41, 5.74) is 0.236. The number of carbonyl (C=O) groups excluding carboxylic acids is 1. The second-order valence-corrected chi connectivity index (χ2v) is 4.62. The molecule has 1 amide bonds. The van der Waals surface area contributed by atoms with Crippen molar-refractivity contribution < 1.29 is 9.90 Å². The van der Waals surface area contributed by atoms with Crippen LogP contribution in [0, 0.1) is 11.3 Å². The van der Waals surface area contributed by atoms with Gasteiger partial charge in [0.05, 0.1) is 5.69 Å². The SMILES string of the molecule is CCN(CC)CCN/C=C(/C#N)C(=O)Nc1ccccc1O. The molecule has 6 heteroatoms. The van der Waals surface area contributed by atoms with Crippen LogP contribution in [0.5, 0.6) is 5.75 Å². The third kappa shape index (κ3) is 5.46. The minimum absolute atomic E-state index is 0.0391. The van der Waals surface area contributed by atoms with Crippen LogP contribution in [0.15, 0.2) is 36.0 Å². The Morgan fingerprint density at radius 3 is 2.64 bits per heavy atom. The highest BCUT2D eigenvalue weighted by Crippen LogP contribution is 2.21. The van der Waals surface area contributed by atoms with E-state index in [0.29, 0.717) is 6.54 Å². The van der Waals surface area contributed by atoms with Crippen molar-refractivity contribution in [3.8, 4) is 11.8 Å². The monoisotopic (exact) mass is 302 g/mol. The zero-order valence-electron chi connectivity index (χ0n) is 13.0. The molecule has 0 heterocycles. The van der Waals surface area contributed by atoms with Crippen LogP contribution in [-0.2, 0) is 4.79 Å². The van der Waals surface area contributed by atoms with E-state index in [1.165, 1.54) is 12.3 Å². The summed E-state index contributed by atoms with van der Waals surface area (Å²) in [6, 6.07) is 8.22. The molecule has 3 N–H and O–H groups in total. The molecular weight excluding hydrogens is 280 g/mol. The van der Waals surface area contributed by atoms with Crippen LogP contribution >= 0.6 is 0 Å². The van der Waals surface area contributed by atoms with Gasteiger partial charge < -0.3 is 20.6 Å². The van der Waals surface area contributed by atoms with Gasteiger partial charge in [-0.25, -0.2) is 0 Å². The quantitative estimate of drug-likeness (QED) is 0.294. The molecule has 0 bridgehead atoms. The summed E-state index contributed by atoms with van der Waals surface area (Å²) in [6.07, 6.45) is 1.40. The number of benzene rings is 1. The number of anilines is 1. The maximum Gasteiger partial charge on any atom is 0.267 e. The van der Waals surface area contributed by atoms with Gasteiger partial charge in [-0.2, -0.15) is 5.26 Å². The largest absolute Gasteiger partial charge is 0.506 e. The molecule has 0 spiro atoms. The number of carbonyl (C=O) groups is 1. The lowest BCUT2D eigenvalue weighted by Crippen LogP contribution is -2.30. The molecule has 1 rings (SSSR count). The normalized spacial score (nSPS) is 11.1. The highest BCUT2D eigenvalue weighted by atomic mass is 16.3. The highest BCUT2D eigenvalue weighted by Gasteiger charge is 2.11. The molecule has 0 atom stereocenters. The van der Waals surface area contributed by atoms with Gasteiger partial charge in [-0.15, -0.1) is 0 Å². The third-order valence-corrected chi connectivity index (χ3v) is 3.23. The highest BCUT2D eigenvalue weighted by molar-refractivity contribution is 6.07. The number of aromatic hydroxyl groups is 1. The summed E-state index contributed by atoms with van der Waals surface area (Å²) in [5, 5.41) is 24.1. The molecule has 0 radical (unpaired) electrons. The van der Waals surface area contributed by atoms with E-state index in [4.69, 9.17) is 5.26 Å². The topological polar surface area (TPSA) is 88.4 Å². The second kappa shape index (κ2) is 9.42. The number of likely N-dealkylation sites (N-methyl/N-ethyl adjacent to an activating group) is 1. The predicted molar refractivity (Wildman–Crippen MR) is 86.2 cm³/mol. The minimum Gasteiger partial charge on any atom is -0.506 e.